The predicted octanol–water partition coefficient (Wildman–Crippen LogP) is -0.764. The zero-order chi connectivity index (χ0) is 24.6. The normalized spacial score (nSPS) is 35.4. The molecule has 8 N–H and O–H groups in total. The van der Waals surface area contributed by atoms with Crippen molar-refractivity contribution in [2.75, 3.05) is 5.32 Å². The van der Waals surface area contributed by atoms with Gasteiger partial charge in [-0.3, -0.25) is 19.2 Å². The van der Waals surface area contributed by atoms with Gasteiger partial charge in [0.15, 0.2) is 17.2 Å². The molecule has 0 aromatic heterocycles. The van der Waals surface area contributed by atoms with Gasteiger partial charge in [-0.15, -0.1) is 0 Å². The van der Waals surface area contributed by atoms with Crippen LogP contribution < -0.4 is 11.1 Å². The Kier molecular flexibility index (Phi) is 5.11. The summed E-state index contributed by atoms with van der Waals surface area (Å²) in [6, 6.07) is 2.60. The van der Waals surface area contributed by atoms with E-state index in [0.717, 1.165) is 0 Å². The molecule has 4 unspecified atom stereocenters. The van der Waals surface area contributed by atoms with Gasteiger partial charge in [-0.25, -0.2) is 0 Å². The Morgan fingerprint density at radius 3 is 2.39 bits per heavy atom. The molecule has 0 saturated heterocycles. The molecule has 3 aliphatic carbocycles. The number of aliphatic hydroxyl groups excluding tert-OH is 3. The molecule has 11 heteroatoms. The number of amides is 2. The van der Waals surface area contributed by atoms with Crippen LogP contribution in [0.2, 0.25) is 0 Å². The third-order valence-electron chi connectivity index (χ3n) is 7.24. The summed E-state index contributed by atoms with van der Waals surface area (Å²) >= 11 is 0. The molecule has 2 amide bonds. The molecule has 4 rings (SSSR count). The van der Waals surface area contributed by atoms with Crippen LogP contribution in [0, 0.1) is 17.8 Å². The maximum absolute atomic E-state index is 13.5. The molecule has 1 aromatic rings. The van der Waals surface area contributed by atoms with Crippen LogP contribution in [0.4, 0.5) is 5.69 Å². The molecule has 11 nitrogen and oxygen atoms in total. The molecule has 1 aromatic carbocycles. The number of phenolic OH excluding ortho intramolecular Hbond substituents is 1. The second kappa shape index (κ2) is 7.37. The number of Topliss-reactive ketones (excluding diaryl/α,β-unsaturated/α-hetero) is 2. The van der Waals surface area contributed by atoms with E-state index in [2.05, 4.69) is 5.32 Å². The molecular weight excluding hydrogens is 436 g/mol. The molecule has 0 spiro atoms. The quantitative estimate of drug-likeness (QED) is 0.218. The Balaban J connectivity index is 1.94. The number of benzene rings is 1. The van der Waals surface area contributed by atoms with Crippen LogP contribution >= 0.6 is 0 Å². The van der Waals surface area contributed by atoms with Gasteiger partial charge >= 0.3 is 0 Å². The van der Waals surface area contributed by atoms with Crippen molar-refractivity contribution in [2.45, 2.75) is 44.0 Å². The van der Waals surface area contributed by atoms with E-state index >= 15 is 0 Å². The molecular formula is C22H24N2O9. The topological polar surface area (TPSA) is 207 Å². The third kappa shape index (κ3) is 2.93. The predicted molar refractivity (Wildman–Crippen MR) is 111 cm³/mol. The highest BCUT2D eigenvalue weighted by Crippen LogP contribution is 2.57. The number of aliphatic hydroxyl groups is 4. The molecule has 33 heavy (non-hydrogen) atoms. The third-order valence-corrected chi connectivity index (χ3v) is 7.24. The van der Waals surface area contributed by atoms with Crippen LogP contribution in [-0.2, 0) is 14.4 Å². The van der Waals surface area contributed by atoms with Gasteiger partial charge in [0.25, 0.3) is 5.91 Å². The molecule has 7 atom stereocenters. The smallest absolute Gasteiger partial charge is 0.255 e. The second-order valence-electron chi connectivity index (χ2n) is 8.94. The van der Waals surface area contributed by atoms with Crippen LogP contribution in [0.1, 0.15) is 42.1 Å². The Hall–Kier alpha value is -3.28. The summed E-state index contributed by atoms with van der Waals surface area (Å²) < 4.78 is 0. The van der Waals surface area contributed by atoms with Crippen molar-refractivity contribution >= 4 is 29.1 Å². The van der Waals surface area contributed by atoms with Crippen molar-refractivity contribution in [3.05, 3.63) is 34.6 Å². The fraction of sp³-hybridized carbons (Fsp3) is 0.455. The van der Waals surface area contributed by atoms with E-state index in [-0.39, 0.29) is 16.8 Å². The Bertz CT molecular complexity index is 1140. The minimum Gasteiger partial charge on any atom is -0.508 e. The van der Waals surface area contributed by atoms with Gasteiger partial charge in [0, 0.05) is 30.9 Å². The van der Waals surface area contributed by atoms with Gasteiger partial charge in [0.1, 0.15) is 23.2 Å². The lowest BCUT2D eigenvalue weighted by atomic mass is 9.51. The zero-order valence-corrected chi connectivity index (χ0v) is 17.8. The number of rotatable bonds is 2. The summed E-state index contributed by atoms with van der Waals surface area (Å²) in [5.41, 5.74) is 1.84. The van der Waals surface area contributed by atoms with Crippen molar-refractivity contribution < 1.29 is 44.7 Å². The first kappa shape index (κ1) is 22.9. The van der Waals surface area contributed by atoms with Crippen LogP contribution in [0.5, 0.6) is 5.75 Å². The minimum absolute atomic E-state index is 0.200. The minimum atomic E-state index is -2.70. The number of primary amides is 1. The molecule has 0 aliphatic heterocycles. The number of aromatic hydroxyl groups is 1. The number of carbonyl (C=O) groups is 4. The molecule has 3 aliphatic rings. The Morgan fingerprint density at radius 1 is 1.18 bits per heavy atom. The second-order valence-corrected chi connectivity index (χ2v) is 8.94. The number of nitrogens with two attached hydrogens (primary N) is 1. The average molecular weight is 460 g/mol. The van der Waals surface area contributed by atoms with Gasteiger partial charge in [-0.2, -0.15) is 0 Å². The number of hydrogen-bond acceptors (Lipinski definition) is 9. The van der Waals surface area contributed by atoms with Gasteiger partial charge in [-0.1, -0.05) is 6.92 Å². The summed E-state index contributed by atoms with van der Waals surface area (Å²) in [5.74, 6) is -9.85. The van der Waals surface area contributed by atoms with Crippen molar-refractivity contribution in [1.82, 2.24) is 0 Å². The van der Waals surface area contributed by atoms with Crippen molar-refractivity contribution in [2.24, 2.45) is 23.5 Å². The summed E-state index contributed by atoms with van der Waals surface area (Å²) in [7, 11) is 0. The number of anilines is 1. The first-order valence-corrected chi connectivity index (χ1v) is 10.4. The van der Waals surface area contributed by atoms with Crippen molar-refractivity contribution in [3.8, 4) is 5.75 Å². The Morgan fingerprint density at radius 2 is 1.82 bits per heavy atom. The Labute approximate surface area is 187 Å². The van der Waals surface area contributed by atoms with E-state index in [1.165, 1.54) is 19.1 Å². The highest BCUT2D eigenvalue weighted by Gasteiger charge is 2.67. The van der Waals surface area contributed by atoms with Crippen LogP contribution in [0.15, 0.2) is 23.5 Å². The zero-order valence-electron chi connectivity index (χ0n) is 17.8. The van der Waals surface area contributed by atoms with Crippen molar-refractivity contribution in [1.29, 1.82) is 0 Å². The SMILES string of the molecule is CC(=O)Nc1ccc(O)c2c1[C@H](C)C1C(C2=O)[C@@H](O)C2(O)C(O)=C(C(N)=O)C(=O)CC2[C@H]1O. The summed E-state index contributed by atoms with van der Waals surface area (Å²) in [6.07, 6.45) is -4.22. The summed E-state index contributed by atoms with van der Waals surface area (Å²) in [5, 5.41) is 57.3. The molecule has 0 radical (unpaired) electrons. The summed E-state index contributed by atoms with van der Waals surface area (Å²) in [4.78, 5) is 49.3. The monoisotopic (exact) mass is 460 g/mol. The average Bonchev–Trinajstić information content (AvgIpc) is 2.71. The fourth-order valence-corrected chi connectivity index (χ4v) is 5.85. The van der Waals surface area contributed by atoms with Crippen LogP contribution in [0.25, 0.3) is 0 Å². The highest BCUT2D eigenvalue weighted by atomic mass is 16.4. The fourth-order valence-electron chi connectivity index (χ4n) is 5.85. The van der Waals surface area contributed by atoms with E-state index in [1.807, 2.05) is 0 Å². The number of fused-ring (bicyclic) bond motifs is 3. The molecule has 1 saturated carbocycles. The molecule has 1 fully saturated rings. The largest absolute Gasteiger partial charge is 0.508 e. The number of phenols is 1. The molecule has 176 valence electrons. The van der Waals surface area contributed by atoms with Gasteiger partial charge in [0.2, 0.25) is 5.91 Å². The number of hydrogen-bond donors (Lipinski definition) is 7. The molecule has 0 bridgehead atoms. The highest BCUT2D eigenvalue weighted by molar-refractivity contribution is 6.20. The lowest BCUT2D eigenvalue weighted by molar-refractivity contribution is -0.209. The lowest BCUT2D eigenvalue weighted by Crippen LogP contribution is -2.69. The number of nitrogens with one attached hydrogen (secondary N) is 1. The van der Waals surface area contributed by atoms with E-state index in [1.54, 1.807) is 6.92 Å². The van der Waals surface area contributed by atoms with Crippen LogP contribution in [0.3, 0.4) is 0 Å². The van der Waals surface area contributed by atoms with E-state index in [0.29, 0.717) is 0 Å². The standard InChI is InChI=1S/C22H24N2O9/c1-6-12-9(24-7(2)25)3-4-10(26)14(12)18(29)16-13(6)17(28)8-5-11(27)15(21(23)32)19(30)22(8,33)20(16)31/h3-4,6,8,13,16-17,20,26,28,30-31,33H,5H2,1-2H3,(H2,23,32)(H,24,25)/t6-,8?,13?,16?,17+,20+,22?/m0/s1. The van der Waals surface area contributed by atoms with Gasteiger partial charge < -0.3 is 36.6 Å². The van der Waals surface area contributed by atoms with Gasteiger partial charge in [-0.05, 0) is 23.6 Å². The summed E-state index contributed by atoms with van der Waals surface area (Å²) in [6.45, 7) is 2.87. The first-order valence-electron chi connectivity index (χ1n) is 10.4. The van der Waals surface area contributed by atoms with E-state index in [4.69, 9.17) is 5.73 Å². The first-order chi connectivity index (χ1) is 15.3. The number of ketones is 2. The van der Waals surface area contributed by atoms with E-state index in [9.17, 15) is 44.7 Å². The van der Waals surface area contributed by atoms with Gasteiger partial charge in [0.05, 0.1) is 17.6 Å². The lowest BCUT2D eigenvalue weighted by Gasteiger charge is -2.56. The van der Waals surface area contributed by atoms with E-state index < -0.39 is 88.4 Å². The van der Waals surface area contributed by atoms with Crippen molar-refractivity contribution in [3.63, 3.8) is 0 Å². The molecule has 0 heterocycles. The van der Waals surface area contributed by atoms with Crippen LogP contribution in [-0.4, -0.2) is 66.7 Å². The number of carbonyl (C=O) groups excluding carboxylic acids is 4. The maximum Gasteiger partial charge on any atom is 0.255 e. The maximum atomic E-state index is 13.5.